The highest BCUT2D eigenvalue weighted by Crippen LogP contribution is 2.47. The molecule has 3 aromatic carbocycles. The molecule has 13 heteroatoms. The van der Waals surface area contributed by atoms with Crippen LogP contribution in [-0.4, -0.2) is 44.0 Å². The van der Waals surface area contributed by atoms with Crippen LogP contribution in [-0.2, 0) is 26.8 Å². The fourth-order valence-electron chi connectivity index (χ4n) is 4.52. The Morgan fingerprint density at radius 2 is 1.68 bits per heavy atom. The van der Waals surface area contributed by atoms with Gasteiger partial charge in [-0.1, -0.05) is 47.4 Å². The zero-order valence-corrected chi connectivity index (χ0v) is 23.1. The highest BCUT2D eigenvalue weighted by atomic mass is 32.2. The van der Waals surface area contributed by atoms with Crippen LogP contribution in [0.25, 0.3) is 27.1 Å². The number of hydrogen-bond acceptors (Lipinski definition) is 9. The molecule has 0 bridgehead atoms. The first-order valence-electron chi connectivity index (χ1n) is 11.7. The Morgan fingerprint density at radius 1 is 0.947 bits per heavy atom. The van der Waals surface area contributed by atoms with E-state index in [0.717, 1.165) is 35.9 Å². The van der Waals surface area contributed by atoms with Gasteiger partial charge in [0, 0.05) is 29.4 Å². The number of aromatic nitrogens is 1. The molecule has 0 saturated carbocycles. The van der Waals surface area contributed by atoms with E-state index >= 15 is 0 Å². The van der Waals surface area contributed by atoms with Crippen LogP contribution in [0.2, 0.25) is 0 Å². The van der Waals surface area contributed by atoms with E-state index in [1.165, 1.54) is 35.2 Å². The van der Waals surface area contributed by atoms with Crippen molar-refractivity contribution in [2.45, 2.75) is 24.3 Å². The van der Waals surface area contributed by atoms with Crippen LogP contribution in [0, 0.1) is 5.82 Å². The summed E-state index contributed by atoms with van der Waals surface area (Å²) in [7, 11) is -8.78. The number of benzene rings is 3. The van der Waals surface area contributed by atoms with Crippen LogP contribution in [0.15, 0.2) is 64.5 Å². The van der Waals surface area contributed by atoms with Crippen molar-refractivity contribution >= 4 is 76.1 Å². The van der Waals surface area contributed by atoms with Gasteiger partial charge in [-0.25, -0.2) is 21.2 Å². The van der Waals surface area contributed by atoms with Crippen LogP contribution >= 0.6 is 23.1 Å². The van der Waals surface area contributed by atoms with E-state index in [0.29, 0.717) is 5.69 Å². The molecule has 0 fully saturated rings. The van der Waals surface area contributed by atoms with Crippen LogP contribution in [0.3, 0.4) is 0 Å². The number of hydrogen-bond donors (Lipinski definition) is 0. The lowest BCUT2D eigenvalue weighted by molar-refractivity contribution is -0.667. The Labute approximate surface area is 227 Å². The number of thioether (sulfide) groups is 1. The van der Waals surface area contributed by atoms with Crippen molar-refractivity contribution in [3.05, 3.63) is 70.5 Å². The maximum Gasteiger partial charge on any atom is 0.265 e. The molecule has 0 saturated heterocycles. The average Bonchev–Trinajstić information content (AvgIpc) is 3.35. The topological polar surface area (TPSA) is 122 Å². The van der Waals surface area contributed by atoms with Gasteiger partial charge in [-0.05, 0) is 42.1 Å². The quantitative estimate of drug-likeness (QED) is 0.208. The third-order valence-electron chi connectivity index (χ3n) is 6.11. The molecule has 0 N–H and O–H groups in total. The van der Waals surface area contributed by atoms with E-state index in [9.17, 15) is 30.3 Å². The first-order valence-corrected chi connectivity index (χ1v) is 16.5. The summed E-state index contributed by atoms with van der Waals surface area (Å²) < 4.78 is 84.5. The van der Waals surface area contributed by atoms with Crippen LogP contribution in [0.4, 0.5) is 10.1 Å². The third-order valence-corrected chi connectivity index (χ3v) is 9.89. The number of thiazole rings is 1. The Balaban J connectivity index is 1.60. The molecule has 8 nitrogen and oxygen atoms in total. The number of nitrogens with zero attached hydrogens (tertiary/aromatic N) is 2. The lowest BCUT2D eigenvalue weighted by Gasteiger charge is -2.20. The second-order valence-corrected chi connectivity index (χ2v) is 14.0. The highest BCUT2D eigenvalue weighted by Gasteiger charge is 2.29. The van der Waals surface area contributed by atoms with Crippen molar-refractivity contribution in [3.63, 3.8) is 0 Å². The second kappa shape index (κ2) is 10.5. The Hall–Kier alpha value is -2.55. The molecule has 1 aliphatic heterocycles. The van der Waals surface area contributed by atoms with Gasteiger partial charge in [0.15, 0.2) is 6.54 Å². The first-order chi connectivity index (χ1) is 18.0. The number of anilines is 1. The van der Waals surface area contributed by atoms with Gasteiger partial charge in [-0.3, -0.25) is 0 Å². The summed E-state index contributed by atoms with van der Waals surface area (Å²) in [6, 6.07) is 16.2. The van der Waals surface area contributed by atoms with Gasteiger partial charge in [-0.2, -0.15) is 4.57 Å². The van der Waals surface area contributed by atoms with Gasteiger partial charge in [0.2, 0.25) is 5.52 Å². The molecule has 0 aliphatic carbocycles. The molecule has 0 atom stereocenters. The molecule has 1 aliphatic rings. The summed E-state index contributed by atoms with van der Waals surface area (Å²) in [5, 5.41) is 3.51. The zero-order valence-electron chi connectivity index (χ0n) is 19.9. The molecule has 200 valence electrons. The molecule has 38 heavy (non-hydrogen) atoms. The summed E-state index contributed by atoms with van der Waals surface area (Å²) in [4.78, 5) is 2.58. The fourth-order valence-corrected chi connectivity index (χ4v) is 7.81. The maximum atomic E-state index is 14.1. The van der Waals surface area contributed by atoms with Gasteiger partial charge in [0.05, 0.1) is 42.4 Å². The van der Waals surface area contributed by atoms with Crippen molar-refractivity contribution in [1.29, 1.82) is 0 Å². The molecular formula is C25H22FN2O6S4-. The van der Waals surface area contributed by atoms with Crippen LogP contribution in [0.5, 0.6) is 0 Å². The zero-order chi connectivity index (χ0) is 27.1. The van der Waals surface area contributed by atoms with Gasteiger partial charge in [0.1, 0.15) is 10.5 Å². The summed E-state index contributed by atoms with van der Waals surface area (Å²) in [6.07, 6.45) is 2.10. The third kappa shape index (κ3) is 6.03. The molecule has 5 rings (SSSR count). The molecular weight excluding hydrogens is 572 g/mol. The average molecular weight is 594 g/mol. The summed E-state index contributed by atoms with van der Waals surface area (Å²) in [5.74, 6) is -1.47. The Morgan fingerprint density at radius 3 is 2.45 bits per heavy atom. The number of halogens is 1. The summed E-state index contributed by atoms with van der Waals surface area (Å²) in [6.45, 7) is 0.480. The monoisotopic (exact) mass is 593 g/mol. The summed E-state index contributed by atoms with van der Waals surface area (Å²) in [5.41, 5.74) is 1.50. The molecule has 0 spiro atoms. The van der Waals surface area contributed by atoms with Crippen molar-refractivity contribution in [1.82, 2.24) is 0 Å². The highest BCUT2D eigenvalue weighted by molar-refractivity contribution is 8.04. The molecule has 4 aromatic rings. The predicted molar refractivity (Wildman–Crippen MR) is 145 cm³/mol. The minimum Gasteiger partial charge on any atom is -0.748 e. The largest absolute Gasteiger partial charge is 0.748 e. The number of rotatable bonds is 9. The second-order valence-electron chi connectivity index (χ2n) is 8.80. The van der Waals surface area contributed by atoms with E-state index in [2.05, 4.69) is 0 Å². The minimum atomic E-state index is -4.40. The van der Waals surface area contributed by atoms with Gasteiger partial charge in [0.25, 0.3) is 5.01 Å². The van der Waals surface area contributed by atoms with Crippen LogP contribution < -0.4 is 9.47 Å². The van der Waals surface area contributed by atoms with E-state index in [-0.39, 0.29) is 25.9 Å². The van der Waals surface area contributed by atoms with E-state index in [4.69, 9.17) is 0 Å². The SMILES string of the molecule is O=S(=O)([O-])CCCN1/C(=C/c2sc3ccc4ccccc4c3[n+]2CCCS(=O)(=O)[O-])Sc2ccc(F)cc21. The molecule has 0 unspecified atom stereocenters. The molecule has 0 radical (unpaired) electrons. The van der Waals surface area contributed by atoms with Gasteiger partial charge in [-0.15, -0.1) is 0 Å². The van der Waals surface area contributed by atoms with E-state index in [1.807, 2.05) is 47.0 Å². The molecule has 1 aromatic heterocycles. The maximum absolute atomic E-state index is 14.1. The van der Waals surface area contributed by atoms with Crippen molar-refractivity contribution in [3.8, 4) is 0 Å². The lowest BCUT2D eigenvalue weighted by atomic mass is 10.1. The van der Waals surface area contributed by atoms with Gasteiger partial charge < -0.3 is 14.0 Å². The summed E-state index contributed by atoms with van der Waals surface area (Å²) >= 11 is 2.89. The fraction of sp³-hybridized carbons (Fsp3) is 0.240. The van der Waals surface area contributed by atoms with Crippen LogP contribution in [0.1, 0.15) is 17.8 Å². The Bertz CT molecular complexity index is 1780. The standard InChI is InChI=1S/C25H23FN2O6S4/c26-18-8-10-21-20(15-18)27(11-3-13-37(29,30)31)23(35-21)16-24-28(12-4-14-38(32,33)34)25-19-6-2-1-5-17(19)7-9-22(25)36-24/h1-2,5-10,15-16H,3-4,11-14H2,(H-,29,30,31,32,33,34)/p-1. The van der Waals surface area contributed by atoms with Crippen molar-refractivity contribution in [2.24, 2.45) is 0 Å². The molecule has 2 heterocycles. The predicted octanol–water partition coefficient (Wildman–Crippen LogP) is 4.26. The van der Waals surface area contributed by atoms with Crippen molar-refractivity contribution < 1.29 is 34.9 Å². The van der Waals surface area contributed by atoms with Gasteiger partial charge >= 0.3 is 0 Å². The van der Waals surface area contributed by atoms with Crippen molar-refractivity contribution in [2.75, 3.05) is 23.0 Å². The number of fused-ring (bicyclic) bond motifs is 4. The number of aryl methyl sites for hydroxylation is 1. The normalized spacial score (nSPS) is 15.1. The first kappa shape index (κ1) is 27.0. The Kier molecular flexibility index (Phi) is 7.50. The smallest absolute Gasteiger partial charge is 0.265 e. The van der Waals surface area contributed by atoms with E-state index in [1.54, 1.807) is 11.0 Å². The van der Waals surface area contributed by atoms with E-state index < -0.39 is 37.6 Å². The minimum absolute atomic E-state index is 0.0676. The lowest BCUT2D eigenvalue weighted by Crippen LogP contribution is -2.36. The molecule has 0 amide bonds.